The number of nitrogens with zero attached hydrogens (tertiary/aromatic N) is 6. The van der Waals surface area contributed by atoms with Gasteiger partial charge in [0.1, 0.15) is 11.3 Å². The molecule has 3 aromatic rings. The molecule has 33 heavy (non-hydrogen) atoms. The maximum Gasteiger partial charge on any atom is 0.291 e. The first-order chi connectivity index (χ1) is 15.9. The van der Waals surface area contributed by atoms with Gasteiger partial charge in [0.05, 0.1) is 5.69 Å². The summed E-state index contributed by atoms with van der Waals surface area (Å²) >= 11 is 0. The second kappa shape index (κ2) is 8.85. The van der Waals surface area contributed by atoms with E-state index in [1.54, 1.807) is 13.0 Å². The SMILES string of the molecule is CC(=O)N1CCC[C@@H]1CN1CC[C@H](Cc2nc(-n3nc(C(C)C)c4cccc(F)c43)no2)C1. The molecule has 8 nitrogen and oxygen atoms in total. The maximum absolute atomic E-state index is 14.7. The molecule has 9 heteroatoms. The summed E-state index contributed by atoms with van der Waals surface area (Å²) in [7, 11) is 0. The van der Waals surface area contributed by atoms with Crippen LogP contribution >= 0.6 is 0 Å². The van der Waals surface area contributed by atoms with Crippen molar-refractivity contribution in [1.29, 1.82) is 0 Å². The second-order valence-electron chi connectivity index (χ2n) is 9.70. The topological polar surface area (TPSA) is 80.3 Å². The van der Waals surface area contributed by atoms with E-state index in [1.807, 2.05) is 24.8 Å². The lowest BCUT2D eigenvalue weighted by atomic mass is 10.1. The summed E-state index contributed by atoms with van der Waals surface area (Å²) in [4.78, 5) is 20.9. The number of amides is 1. The molecule has 2 aliphatic rings. The lowest BCUT2D eigenvalue weighted by molar-refractivity contribution is -0.129. The van der Waals surface area contributed by atoms with E-state index in [1.165, 1.54) is 10.7 Å². The number of benzene rings is 1. The van der Waals surface area contributed by atoms with Crippen LogP contribution in [0.3, 0.4) is 0 Å². The van der Waals surface area contributed by atoms with Crippen LogP contribution in [0.15, 0.2) is 22.7 Å². The van der Waals surface area contributed by atoms with Crippen molar-refractivity contribution < 1.29 is 13.7 Å². The Bertz CT molecular complexity index is 1160. The van der Waals surface area contributed by atoms with Gasteiger partial charge < -0.3 is 14.3 Å². The smallest absolute Gasteiger partial charge is 0.291 e. The first-order valence-corrected chi connectivity index (χ1v) is 11.9. The number of para-hydroxylation sites is 1. The van der Waals surface area contributed by atoms with E-state index in [4.69, 9.17) is 4.52 Å². The number of halogens is 1. The number of fused-ring (bicyclic) bond motifs is 1. The number of carbonyl (C=O) groups excluding carboxylic acids is 1. The van der Waals surface area contributed by atoms with Gasteiger partial charge in [-0.15, -0.1) is 0 Å². The van der Waals surface area contributed by atoms with E-state index in [-0.39, 0.29) is 23.6 Å². The van der Waals surface area contributed by atoms with Crippen molar-refractivity contribution in [2.75, 3.05) is 26.2 Å². The molecule has 0 spiro atoms. The normalized spacial score (nSPS) is 21.7. The number of hydrogen-bond acceptors (Lipinski definition) is 6. The van der Waals surface area contributed by atoms with Gasteiger partial charge >= 0.3 is 0 Å². The summed E-state index contributed by atoms with van der Waals surface area (Å²) < 4.78 is 21.7. The maximum atomic E-state index is 14.7. The fraction of sp³-hybridized carbons (Fsp3) is 0.583. The molecule has 0 radical (unpaired) electrons. The van der Waals surface area contributed by atoms with Crippen LogP contribution in [-0.2, 0) is 11.2 Å². The molecule has 2 saturated heterocycles. The summed E-state index contributed by atoms with van der Waals surface area (Å²) in [6.45, 7) is 9.51. The monoisotopic (exact) mass is 454 g/mol. The molecular formula is C24H31FN6O2. The van der Waals surface area contributed by atoms with Gasteiger partial charge in [-0.1, -0.05) is 26.0 Å². The minimum absolute atomic E-state index is 0.144. The van der Waals surface area contributed by atoms with Crippen LogP contribution < -0.4 is 0 Å². The van der Waals surface area contributed by atoms with Crippen molar-refractivity contribution in [2.24, 2.45) is 5.92 Å². The van der Waals surface area contributed by atoms with Crippen LogP contribution in [-0.4, -0.2) is 67.8 Å². The van der Waals surface area contributed by atoms with Gasteiger partial charge in [-0.3, -0.25) is 4.79 Å². The standard InChI is InChI=1S/C24H31FN6O2/c1-15(2)22-19-7-4-8-20(25)23(19)31(27-22)24-26-21(33-28-24)12-17-9-11-29(13-17)14-18-6-5-10-30(18)16(3)32/h4,7-8,15,17-18H,5-6,9-14H2,1-3H3/t17-,18-/m1/s1. The van der Waals surface area contributed by atoms with E-state index < -0.39 is 0 Å². The molecule has 0 unspecified atom stereocenters. The summed E-state index contributed by atoms with van der Waals surface area (Å²) in [6, 6.07) is 5.33. The molecule has 176 valence electrons. The Labute approximate surface area is 192 Å². The van der Waals surface area contributed by atoms with Crippen molar-refractivity contribution >= 4 is 16.8 Å². The van der Waals surface area contributed by atoms with Crippen LogP contribution in [0, 0.1) is 11.7 Å². The molecule has 2 fully saturated rings. The van der Waals surface area contributed by atoms with Gasteiger partial charge in [0.2, 0.25) is 11.8 Å². The zero-order chi connectivity index (χ0) is 23.1. The number of hydrogen-bond donors (Lipinski definition) is 0. The highest BCUT2D eigenvalue weighted by molar-refractivity contribution is 5.84. The lowest BCUT2D eigenvalue weighted by Crippen LogP contribution is -2.41. The van der Waals surface area contributed by atoms with Gasteiger partial charge in [0.15, 0.2) is 0 Å². The molecule has 0 aliphatic carbocycles. The number of carbonyl (C=O) groups is 1. The van der Waals surface area contributed by atoms with E-state index in [9.17, 15) is 9.18 Å². The Morgan fingerprint density at radius 3 is 2.91 bits per heavy atom. The predicted molar refractivity (Wildman–Crippen MR) is 122 cm³/mol. The summed E-state index contributed by atoms with van der Waals surface area (Å²) in [6.07, 6.45) is 3.92. The largest absolute Gasteiger partial charge is 0.339 e. The number of rotatable bonds is 6. The minimum atomic E-state index is -0.351. The van der Waals surface area contributed by atoms with Gasteiger partial charge in [-0.05, 0) is 48.9 Å². The highest BCUT2D eigenvalue weighted by atomic mass is 19.1. The number of aromatic nitrogens is 4. The van der Waals surface area contributed by atoms with Gasteiger partial charge in [0.25, 0.3) is 5.95 Å². The summed E-state index contributed by atoms with van der Waals surface area (Å²) in [5.41, 5.74) is 1.20. The Morgan fingerprint density at radius 1 is 1.27 bits per heavy atom. The minimum Gasteiger partial charge on any atom is -0.339 e. The van der Waals surface area contributed by atoms with Gasteiger partial charge in [0, 0.05) is 44.4 Å². The third kappa shape index (κ3) is 4.26. The lowest BCUT2D eigenvalue weighted by Gasteiger charge is -2.27. The van der Waals surface area contributed by atoms with Crippen LogP contribution in [0.2, 0.25) is 0 Å². The highest BCUT2D eigenvalue weighted by Crippen LogP contribution is 2.29. The van der Waals surface area contributed by atoms with Crippen molar-refractivity contribution in [3.63, 3.8) is 0 Å². The van der Waals surface area contributed by atoms with Crippen LogP contribution in [0.25, 0.3) is 16.9 Å². The quantitative estimate of drug-likeness (QED) is 0.567. The molecule has 0 N–H and O–H groups in total. The van der Waals surface area contributed by atoms with E-state index in [0.717, 1.165) is 56.5 Å². The Hall–Kier alpha value is -2.81. The van der Waals surface area contributed by atoms with Gasteiger partial charge in [-0.2, -0.15) is 14.8 Å². The Kier molecular flexibility index (Phi) is 5.90. The molecule has 1 aromatic carbocycles. The molecule has 2 aliphatic heterocycles. The van der Waals surface area contributed by atoms with Crippen molar-refractivity contribution in [2.45, 2.75) is 58.4 Å². The third-order valence-electron chi connectivity index (χ3n) is 6.96. The third-order valence-corrected chi connectivity index (χ3v) is 6.96. The molecule has 2 aromatic heterocycles. The molecule has 2 atom stereocenters. The molecule has 0 saturated carbocycles. The number of likely N-dealkylation sites (tertiary alicyclic amines) is 2. The van der Waals surface area contributed by atoms with E-state index in [0.29, 0.717) is 29.8 Å². The van der Waals surface area contributed by atoms with E-state index in [2.05, 4.69) is 20.1 Å². The van der Waals surface area contributed by atoms with Crippen molar-refractivity contribution in [3.05, 3.63) is 35.6 Å². The van der Waals surface area contributed by atoms with Crippen LogP contribution in [0.1, 0.15) is 57.5 Å². The zero-order valence-electron chi connectivity index (χ0n) is 19.5. The first-order valence-electron chi connectivity index (χ1n) is 11.9. The zero-order valence-corrected chi connectivity index (χ0v) is 19.5. The van der Waals surface area contributed by atoms with Gasteiger partial charge in [-0.25, -0.2) is 4.39 Å². The molecule has 1 amide bonds. The van der Waals surface area contributed by atoms with E-state index >= 15 is 0 Å². The average Bonchev–Trinajstić information content (AvgIpc) is 3.54. The Balaban J connectivity index is 1.27. The van der Waals surface area contributed by atoms with Crippen LogP contribution in [0.4, 0.5) is 4.39 Å². The fourth-order valence-corrected chi connectivity index (χ4v) is 5.37. The summed E-state index contributed by atoms with van der Waals surface area (Å²) in [5.74, 6) is 1.21. The average molecular weight is 455 g/mol. The first kappa shape index (κ1) is 22.0. The van der Waals surface area contributed by atoms with Crippen LogP contribution in [0.5, 0.6) is 0 Å². The molecule has 5 rings (SSSR count). The fourth-order valence-electron chi connectivity index (χ4n) is 5.37. The predicted octanol–water partition coefficient (Wildman–Crippen LogP) is 3.55. The molecule has 0 bridgehead atoms. The van der Waals surface area contributed by atoms with Crippen molar-refractivity contribution in [3.8, 4) is 5.95 Å². The highest BCUT2D eigenvalue weighted by Gasteiger charge is 2.32. The summed E-state index contributed by atoms with van der Waals surface area (Å²) in [5, 5.41) is 9.49. The molecular weight excluding hydrogens is 423 g/mol. The second-order valence-corrected chi connectivity index (χ2v) is 9.70. The van der Waals surface area contributed by atoms with Crippen molar-refractivity contribution in [1.82, 2.24) is 29.7 Å². The Morgan fingerprint density at radius 2 is 2.12 bits per heavy atom. The molecule has 4 heterocycles.